The molecule has 7 aromatic rings. The molecule has 0 saturated carbocycles. The van der Waals surface area contributed by atoms with Crippen molar-refractivity contribution in [3.8, 4) is 11.5 Å². The second kappa shape index (κ2) is 9.70. The summed E-state index contributed by atoms with van der Waals surface area (Å²) in [4.78, 5) is 34.1. The Morgan fingerprint density at radius 3 is 2.62 bits per heavy atom. The van der Waals surface area contributed by atoms with Gasteiger partial charge >= 0.3 is 0 Å². The van der Waals surface area contributed by atoms with E-state index < -0.39 is 11.7 Å². The van der Waals surface area contributed by atoms with Crippen molar-refractivity contribution in [2.45, 2.75) is 13.0 Å². The second-order valence-electron chi connectivity index (χ2n) is 9.40. The Morgan fingerprint density at radius 2 is 1.75 bits per heavy atom. The molecule has 9 heteroatoms. The first-order chi connectivity index (χ1) is 19.6. The summed E-state index contributed by atoms with van der Waals surface area (Å²) in [6.45, 7) is -0.0733. The number of oxazole rings is 1. The number of aromatic nitrogens is 5. The number of para-hydroxylation sites is 3. The number of aromatic amines is 1. The van der Waals surface area contributed by atoms with Gasteiger partial charge in [-0.1, -0.05) is 30.3 Å². The minimum Gasteiger partial charge on any atom is -0.431 e. The number of amides is 1. The summed E-state index contributed by atoms with van der Waals surface area (Å²) in [5.74, 6) is 0.0982. The first-order valence-corrected chi connectivity index (χ1v) is 12.7. The number of H-pyrrole nitrogens is 1. The number of imidazole rings is 1. The van der Waals surface area contributed by atoms with Gasteiger partial charge in [0.2, 0.25) is 11.7 Å². The molecule has 0 atom stereocenters. The highest BCUT2D eigenvalue weighted by Gasteiger charge is 2.17. The number of hydrogen-bond donors (Lipinski definition) is 2. The minimum absolute atomic E-state index is 0.0109. The molecule has 0 fully saturated rings. The van der Waals surface area contributed by atoms with Gasteiger partial charge in [-0.25, -0.2) is 19.3 Å². The zero-order valence-corrected chi connectivity index (χ0v) is 21.1. The standard InChI is InChI=1S/C31H21FN6O2/c32-22-7-5-11-33-27(22)16-34-30(39)28-17-35-31(40-28)20-12-19(15-29-37-24-9-3-4-10-25(24)38-29)21-13-18-6-1-2-8-23(18)36-26(21)14-20/h1-14,17H,15-16H2,(H,34,39)(H,37,38). The van der Waals surface area contributed by atoms with Crippen LogP contribution in [0.4, 0.5) is 4.39 Å². The summed E-state index contributed by atoms with van der Waals surface area (Å²) < 4.78 is 19.7. The number of benzene rings is 3. The Balaban J connectivity index is 1.25. The molecule has 1 amide bonds. The number of rotatable bonds is 6. The third-order valence-corrected chi connectivity index (χ3v) is 6.75. The molecule has 40 heavy (non-hydrogen) atoms. The van der Waals surface area contributed by atoms with Crippen LogP contribution in [-0.4, -0.2) is 30.8 Å². The van der Waals surface area contributed by atoms with Gasteiger partial charge in [-0.2, -0.15) is 0 Å². The van der Waals surface area contributed by atoms with Crippen LogP contribution in [0, 0.1) is 5.82 Å². The molecule has 4 heterocycles. The summed E-state index contributed by atoms with van der Waals surface area (Å²) in [5, 5.41) is 4.65. The van der Waals surface area contributed by atoms with Crippen LogP contribution in [0.25, 0.3) is 44.3 Å². The van der Waals surface area contributed by atoms with E-state index in [4.69, 9.17) is 14.4 Å². The molecule has 0 bridgehead atoms. The van der Waals surface area contributed by atoms with Crippen molar-refractivity contribution >= 4 is 38.7 Å². The monoisotopic (exact) mass is 528 g/mol. The third kappa shape index (κ3) is 4.43. The van der Waals surface area contributed by atoms with Gasteiger partial charge in [0.1, 0.15) is 11.6 Å². The van der Waals surface area contributed by atoms with Gasteiger partial charge in [-0.05, 0) is 54.1 Å². The van der Waals surface area contributed by atoms with Crippen LogP contribution in [0.1, 0.15) is 27.6 Å². The zero-order chi connectivity index (χ0) is 27.1. The van der Waals surface area contributed by atoms with Crippen LogP contribution in [0.2, 0.25) is 0 Å². The van der Waals surface area contributed by atoms with Crippen LogP contribution in [0.15, 0.2) is 95.7 Å². The lowest BCUT2D eigenvalue weighted by Gasteiger charge is -2.09. The van der Waals surface area contributed by atoms with Crippen molar-refractivity contribution in [2.24, 2.45) is 0 Å². The Labute approximate surface area is 227 Å². The zero-order valence-electron chi connectivity index (χ0n) is 21.1. The first-order valence-electron chi connectivity index (χ1n) is 12.7. The van der Waals surface area contributed by atoms with Crippen molar-refractivity contribution in [1.82, 2.24) is 30.2 Å². The number of pyridine rings is 2. The average Bonchev–Trinajstić information content (AvgIpc) is 3.63. The van der Waals surface area contributed by atoms with E-state index in [0.29, 0.717) is 12.0 Å². The van der Waals surface area contributed by atoms with Gasteiger partial charge in [0.05, 0.1) is 40.5 Å². The number of carbonyl (C=O) groups is 1. The van der Waals surface area contributed by atoms with Gasteiger partial charge in [0.15, 0.2) is 0 Å². The average molecular weight is 529 g/mol. The van der Waals surface area contributed by atoms with Crippen LogP contribution >= 0.6 is 0 Å². The maximum Gasteiger partial charge on any atom is 0.289 e. The summed E-state index contributed by atoms with van der Waals surface area (Å²) in [7, 11) is 0. The fraction of sp³-hybridized carbons (Fsp3) is 0.0645. The van der Waals surface area contributed by atoms with E-state index in [1.54, 1.807) is 0 Å². The van der Waals surface area contributed by atoms with Crippen molar-refractivity contribution in [2.75, 3.05) is 0 Å². The summed E-state index contributed by atoms with van der Waals surface area (Å²) in [5.41, 5.74) is 5.31. The Kier molecular flexibility index (Phi) is 5.74. The van der Waals surface area contributed by atoms with Crippen LogP contribution < -0.4 is 5.32 Å². The molecule has 8 nitrogen and oxygen atoms in total. The number of halogens is 1. The van der Waals surface area contributed by atoms with Crippen molar-refractivity contribution in [3.63, 3.8) is 0 Å². The SMILES string of the molecule is O=C(NCc1ncccc1F)c1cnc(-c2cc(Cc3nc4ccccc4[nH]3)c3cc4ccccc4nc3c2)o1. The molecule has 0 spiro atoms. The van der Waals surface area contributed by atoms with Crippen molar-refractivity contribution in [1.29, 1.82) is 0 Å². The predicted octanol–water partition coefficient (Wildman–Crippen LogP) is 5.97. The summed E-state index contributed by atoms with van der Waals surface area (Å²) in [6.07, 6.45) is 3.36. The lowest BCUT2D eigenvalue weighted by Crippen LogP contribution is -2.23. The topological polar surface area (TPSA) is 110 Å². The smallest absolute Gasteiger partial charge is 0.289 e. The number of carbonyl (C=O) groups excluding carboxylic acids is 1. The molecule has 4 aromatic heterocycles. The lowest BCUT2D eigenvalue weighted by molar-refractivity contribution is 0.0923. The molecule has 3 aromatic carbocycles. The van der Waals surface area contributed by atoms with Crippen LogP contribution in [0.5, 0.6) is 0 Å². The van der Waals surface area contributed by atoms with E-state index in [-0.39, 0.29) is 23.9 Å². The van der Waals surface area contributed by atoms with Crippen molar-refractivity contribution < 1.29 is 13.6 Å². The Hall–Kier alpha value is -5.44. The second-order valence-corrected chi connectivity index (χ2v) is 9.40. The highest BCUT2D eigenvalue weighted by atomic mass is 19.1. The van der Waals surface area contributed by atoms with Gasteiger partial charge in [0.25, 0.3) is 5.91 Å². The maximum absolute atomic E-state index is 13.9. The molecule has 0 saturated heterocycles. The summed E-state index contributed by atoms with van der Waals surface area (Å²) in [6, 6.07) is 24.7. The molecule has 0 aliphatic carbocycles. The van der Waals surface area contributed by atoms with Gasteiger partial charge in [0, 0.05) is 29.0 Å². The quantitative estimate of drug-likeness (QED) is 0.257. The highest BCUT2D eigenvalue weighted by molar-refractivity contribution is 5.96. The van der Waals surface area contributed by atoms with Gasteiger partial charge < -0.3 is 14.7 Å². The molecule has 2 N–H and O–H groups in total. The van der Waals surface area contributed by atoms with Gasteiger partial charge in [-0.3, -0.25) is 9.78 Å². The summed E-state index contributed by atoms with van der Waals surface area (Å²) >= 11 is 0. The van der Waals surface area contributed by atoms with E-state index >= 15 is 0 Å². The highest BCUT2D eigenvalue weighted by Crippen LogP contribution is 2.30. The number of nitrogens with zero attached hydrogens (tertiary/aromatic N) is 4. The largest absolute Gasteiger partial charge is 0.431 e. The molecule has 0 unspecified atom stereocenters. The van der Waals surface area contributed by atoms with E-state index in [1.165, 1.54) is 24.5 Å². The fourth-order valence-electron chi connectivity index (χ4n) is 4.80. The number of fused-ring (bicyclic) bond motifs is 3. The predicted molar refractivity (Wildman–Crippen MR) is 149 cm³/mol. The van der Waals surface area contributed by atoms with E-state index in [0.717, 1.165) is 44.2 Å². The van der Waals surface area contributed by atoms with E-state index in [2.05, 4.69) is 26.3 Å². The normalized spacial score (nSPS) is 11.4. The molecular formula is C31H21FN6O2. The molecular weight excluding hydrogens is 507 g/mol. The lowest BCUT2D eigenvalue weighted by atomic mass is 9.99. The van der Waals surface area contributed by atoms with Crippen LogP contribution in [0.3, 0.4) is 0 Å². The third-order valence-electron chi connectivity index (χ3n) is 6.75. The number of nitrogens with one attached hydrogen (secondary N) is 2. The Morgan fingerprint density at radius 1 is 0.900 bits per heavy atom. The minimum atomic E-state index is -0.517. The number of hydrogen-bond acceptors (Lipinski definition) is 6. The maximum atomic E-state index is 13.9. The molecule has 194 valence electrons. The first kappa shape index (κ1) is 23.7. The molecule has 0 aliphatic heterocycles. The molecule has 7 rings (SSSR count). The fourth-order valence-corrected chi connectivity index (χ4v) is 4.80. The molecule has 0 radical (unpaired) electrons. The molecule has 0 aliphatic rings. The van der Waals surface area contributed by atoms with Gasteiger partial charge in [-0.15, -0.1) is 0 Å². The van der Waals surface area contributed by atoms with E-state index in [9.17, 15) is 9.18 Å². The van der Waals surface area contributed by atoms with Crippen molar-refractivity contribution in [3.05, 3.63) is 120 Å². The Bertz CT molecular complexity index is 2010. The van der Waals surface area contributed by atoms with Crippen LogP contribution in [-0.2, 0) is 13.0 Å². The van der Waals surface area contributed by atoms with E-state index in [1.807, 2.05) is 60.7 Å².